The van der Waals surface area contributed by atoms with E-state index in [4.69, 9.17) is 16.3 Å². The highest BCUT2D eigenvalue weighted by molar-refractivity contribution is 6.31. The SMILES string of the molecule is CC(C)(C)OC(=O)Nc1cc(Cl)ccc1N=C=O. The van der Waals surface area contributed by atoms with Crippen LogP contribution in [0.5, 0.6) is 0 Å². The number of rotatable bonds is 2. The van der Waals surface area contributed by atoms with Gasteiger partial charge >= 0.3 is 6.09 Å². The van der Waals surface area contributed by atoms with E-state index in [0.29, 0.717) is 10.7 Å². The molecule has 0 aliphatic heterocycles. The second kappa shape index (κ2) is 5.67. The number of anilines is 1. The van der Waals surface area contributed by atoms with Crippen molar-refractivity contribution in [2.45, 2.75) is 26.4 Å². The quantitative estimate of drug-likeness (QED) is 0.657. The van der Waals surface area contributed by atoms with Crippen LogP contribution in [0.2, 0.25) is 5.02 Å². The predicted molar refractivity (Wildman–Crippen MR) is 69.1 cm³/mol. The van der Waals surface area contributed by atoms with Crippen LogP contribution in [-0.2, 0) is 9.53 Å². The molecule has 96 valence electrons. The van der Waals surface area contributed by atoms with Gasteiger partial charge in [0.25, 0.3) is 0 Å². The summed E-state index contributed by atoms with van der Waals surface area (Å²) < 4.78 is 5.08. The number of aliphatic imine (C=N–C) groups is 1. The van der Waals surface area contributed by atoms with Crippen LogP contribution in [0, 0.1) is 0 Å². The molecule has 1 N–H and O–H groups in total. The zero-order valence-electron chi connectivity index (χ0n) is 10.3. The van der Waals surface area contributed by atoms with Crippen LogP contribution in [0.25, 0.3) is 0 Å². The number of isocyanates is 1. The molecule has 0 aliphatic rings. The number of carbonyl (C=O) groups is 1. The maximum absolute atomic E-state index is 11.6. The molecular weight excluding hydrogens is 256 g/mol. The number of halogens is 1. The van der Waals surface area contributed by atoms with E-state index in [1.165, 1.54) is 18.2 Å². The Kier molecular flexibility index (Phi) is 4.48. The van der Waals surface area contributed by atoms with Crippen molar-refractivity contribution in [3.05, 3.63) is 23.2 Å². The highest BCUT2D eigenvalue weighted by Gasteiger charge is 2.17. The third kappa shape index (κ3) is 4.57. The third-order valence-electron chi connectivity index (χ3n) is 1.76. The van der Waals surface area contributed by atoms with Gasteiger partial charge in [-0.3, -0.25) is 5.32 Å². The molecule has 1 aromatic carbocycles. The van der Waals surface area contributed by atoms with Crippen LogP contribution in [-0.4, -0.2) is 17.8 Å². The van der Waals surface area contributed by atoms with Crippen LogP contribution >= 0.6 is 11.6 Å². The molecule has 0 aliphatic carbocycles. The van der Waals surface area contributed by atoms with Gasteiger partial charge in [0, 0.05) is 5.02 Å². The first-order valence-electron chi connectivity index (χ1n) is 5.19. The minimum atomic E-state index is -0.646. The van der Waals surface area contributed by atoms with Gasteiger partial charge in [-0.05, 0) is 39.0 Å². The molecule has 0 bridgehead atoms. The Labute approximate surface area is 110 Å². The third-order valence-corrected chi connectivity index (χ3v) is 2.00. The molecule has 0 spiro atoms. The number of nitrogens with one attached hydrogen (secondary N) is 1. The first-order chi connectivity index (χ1) is 8.31. The lowest BCUT2D eigenvalue weighted by Gasteiger charge is -2.20. The van der Waals surface area contributed by atoms with Crippen LogP contribution in [0.3, 0.4) is 0 Å². The van der Waals surface area contributed by atoms with E-state index in [9.17, 15) is 9.59 Å². The minimum Gasteiger partial charge on any atom is -0.444 e. The van der Waals surface area contributed by atoms with E-state index < -0.39 is 11.7 Å². The summed E-state index contributed by atoms with van der Waals surface area (Å²) in [7, 11) is 0. The summed E-state index contributed by atoms with van der Waals surface area (Å²) >= 11 is 5.80. The lowest BCUT2D eigenvalue weighted by atomic mass is 10.2. The Bertz CT molecular complexity index is 503. The lowest BCUT2D eigenvalue weighted by molar-refractivity contribution is 0.0636. The second-order valence-electron chi connectivity index (χ2n) is 4.49. The smallest absolute Gasteiger partial charge is 0.412 e. The van der Waals surface area contributed by atoms with E-state index in [1.807, 2.05) is 0 Å². The minimum absolute atomic E-state index is 0.264. The zero-order chi connectivity index (χ0) is 13.8. The second-order valence-corrected chi connectivity index (χ2v) is 4.93. The van der Waals surface area contributed by atoms with E-state index in [1.54, 1.807) is 26.8 Å². The average molecular weight is 269 g/mol. The molecule has 0 atom stereocenters. The van der Waals surface area contributed by atoms with Crippen LogP contribution < -0.4 is 5.32 Å². The molecule has 0 aromatic heterocycles. The van der Waals surface area contributed by atoms with E-state index in [0.717, 1.165) is 0 Å². The predicted octanol–water partition coefficient (Wildman–Crippen LogP) is 3.65. The number of hydrogen-bond acceptors (Lipinski definition) is 4. The lowest BCUT2D eigenvalue weighted by Crippen LogP contribution is -2.27. The monoisotopic (exact) mass is 268 g/mol. The van der Waals surface area contributed by atoms with E-state index in [2.05, 4.69) is 10.3 Å². The molecule has 0 saturated heterocycles. The first kappa shape index (κ1) is 14.2. The molecule has 0 fully saturated rings. The Balaban J connectivity index is 2.92. The van der Waals surface area contributed by atoms with Crippen LogP contribution in [0.15, 0.2) is 23.2 Å². The molecular formula is C12H13ClN2O3. The van der Waals surface area contributed by atoms with E-state index in [-0.39, 0.29) is 5.69 Å². The largest absolute Gasteiger partial charge is 0.444 e. The highest BCUT2D eigenvalue weighted by Crippen LogP contribution is 2.28. The molecule has 18 heavy (non-hydrogen) atoms. The van der Waals surface area contributed by atoms with Crippen molar-refractivity contribution in [3.8, 4) is 0 Å². The average Bonchev–Trinajstić information content (AvgIpc) is 2.19. The van der Waals surface area contributed by atoms with Crippen LogP contribution in [0.1, 0.15) is 20.8 Å². The Morgan fingerprint density at radius 3 is 2.67 bits per heavy atom. The molecule has 5 nitrogen and oxygen atoms in total. The van der Waals surface area contributed by atoms with Gasteiger partial charge in [0.2, 0.25) is 6.08 Å². The number of nitrogens with zero attached hydrogens (tertiary/aromatic N) is 1. The van der Waals surface area contributed by atoms with Crippen molar-refractivity contribution >= 4 is 35.1 Å². The van der Waals surface area contributed by atoms with Crippen molar-refractivity contribution in [2.75, 3.05) is 5.32 Å². The van der Waals surface area contributed by atoms with Gasteiger partial charge in [0.1, 0.15) is 5.60 Å². The van der Waals surface area contributed by atoms with Gasteiger partial charge in [-0.15, -0.1) is 0 Å². The Morgan fingerprint density at radius 1 is 1.44 bits per heavy atom. The maximum atomic E-state index is 11.6. The summed E-state index contributed by atoms with van der Waals surface area (Å²) in [6, 6.07) is 4.53. The fourth-order valence-electron chi connectivity index (χ4n) is 1.17. The molecule has 1 rings (SSSR count). The number of amides is 1. The molecule has 0 unspecified atom stereocenters. The zero-order valence-corrected chi connectivity index (χ0v) is 11.0. The summed E-state index contributed by atoms with van der Waals surface area (Å²) in [6.07, 6.45) is 0.759. The molecule has 0 saturated carbocycles. The Hall–Kier alpha value is -1.84. The standard InChI is InChI=1S/C12H13ClN2O3/c1-12(2,3)18-11(17)15-10-6-8(13)4-5-9(10)14-7-16/h4-6H,1-3H3,(H,15,17). The van der Waals surface area contributed by atoms with Crippen molar-refractivity contribution < 1.29 is 14.3 Å². The van der Waals surface area contributed by atoms with Crippen LogP contribution in [0.4, 0.5) is 16.2 Å². The van der Waals surface area contributed by atoms with Gasteiger partial charge < -0.3 is 4.74 Å². The van der Waals surface area contributed by atoms with Gasteiger partial charge in [0.05, 0.1) is 11.4 Å². The molecule has 0 heterocycles. The number of benzene rings is 1. The van der Waals surface area contributed by atoms with Gasteiger partial charge in [0.15, 0.2) is 0 Å². The summed E-state index contributed by atoms with van der Waals surface area (Å²) in [5, 5.41) is 2.88. The molecule has 0 radical (unpaired) electrons. The maximum Gasteiger partial charge on any atom is 0.412 e. The summed E-state index contributed by atoms with van der Waals surface area (Å²) in [6.45, 7) is 5.24. The topological polar surface area (TPSA) is 67.8 Å². The summed E-state index contributed by atoms with van der Waals surface area (Å²) in [4.78, 5) is 25.3. The van der Waals surface area contributed by atoms with Crippen molar-refractivity contribution in [1.82, 2.24) is 0 Å². The van der Waals surface area contributed by atoms with Crippen molar-refractivity contribution in [3.63, 3.8) is 0 Å². The van der Waals surface area contributed by atoms with Gasteiger partial charge in [-0.25, -0.2) is 9.59 Å². The fraction of sp³-hybridized carbons (Fsp3) is 0.333. The number of ether oxygens (including phenoxy) is 1. The van der Waals surface area contributed by atoms with Gasteiger partial charge in [-0.2, -0.15) is 4.99 Å². The van der Waals surface area contributed by atoms with E-state index >= 15 is 0 Å². The fourth-order valence-corrected chi connectivity index (χ4v) is 1.34. The summed E-state index contributed by atoms with van der Waals surface area (Å²) in [5.41, 5.74) is -0.0584. The molecule has 1 amide bonds. The van der Waals surface area contributed by atoms with Crippen molar-refractivity contribution in [2.24, 2.45) is 4.99 Å². The number of carbonyl (C=O) groups excluding carboxylic acids is 2. The van der Waals surface area contributed by atoms with Gasteiger partial charge in [-0.1, -0.05) is 11.6 Å². The normalized spacial score (nSPS) is 10.4. The highest BCUT2D eigenvalue weighted by atomic mass is 35.5. The number of hydrogen-bond donors (Lipinski definition) is 1. The first-order valence-corrected chi connectivity index (χ1v) is 5.57. The van der Waals surface area contributed by atoms with Crippen molar-refractivity contribution in [1.29, 1.82) is 0 Å². The molecule has 6 heteroatoms. The summed E-state index contributed by atoms with van der Waals surface area (Å²) in [5.74, 6) is 0. The Morgan fingerprint density at radius 2 is 2.11 bits per heavy atom. The molecule has 1 aromatic rings.